The molecule has 36 heavy (non-hydrogen) atoms. The summed E-state index contributed by atoms with van der Waals surface area (Å²) in [6.45, 7) is 9.29. The Morgan fingerprint density at radius 1 is 1.08 bits per heavy atom. The lowest BCUT2D eigenvalue weighted by atomic mass is 9.82. The molecule has 2 rings (SSSR count). The van der Waals surface area contributed by atoms with Gasteiger partial charge in [-0.1, -0.05) is 25.6 Å². The third-order valence-electron chi connectivity index (χ3n) is 5.91. The van der Waals surface area contributed by atoms with Crippen molar-refractivity contribution in [1.82, 2.24) is 9.21 Å². The Morgan fingerprint density at radius 3 is 2.31 bits per heavy atom. The number of rotatable bonds is 12. The fourth-order valence-corrected chi connectivity index (χ4v) is 5.44. The lowest BCUT2D eigenvalue weighted by molar-refractivity contribution is -0.159. The predicted molar refractivity (Wildman–Crippen MR) is 131 cm³/mol. The van der Waals surface area contributed by atoms with Gasteiger partial charge in [0.25, 0.3) is 15.9 Å². The maximum atomic E-state index is 12.5. The van der Waals surface area contributed by atoms with E-state index in [-0.39, 0.29) is 53.2 Å². The Kier molecular flexibility index (Phi) is 9.42. The summed E-state index contributed by atoms with van der Waals surface area (Å²) in [5.74, 6) is -2.79. The molecule has 0 aliphatic carbocycles. The molecule has 1 aliphatic rings. The number of sulfonamides is 1. The number of imide groups is 1. The molecule has 0 fully saturated rings. The lowest BCUT2D eigenvalue weighted by Gasteiger charge is -2.29. The summed E-state index contributed by atoms with van der Waals surface area (Å²) >= 11 is 0. The van der Waals surface area contributed by atoms with Crippen molar-refractivity contribution in [2.75, 3.05) is 27.3 Å². The van der Waals surface area contributed by atoms with Gasteiger partial charge in [-0.3, -0.25) is 19.2 Å². The average Bonchev–Trinajstić information content (AvgIpc) is 3.00. The number of amides is 2. The fourth-order valence-electron chi connectivity index (χ4n) is 3.88. The van der Waals surface area contributed by atoms with Crippen LogP contribution >= 0.6 is 0 Å². The zero-order valence-electron chi connectivity index (χ0n) is 21.4. The summed E-state index contributed by atoms with van der Waals surface area (Å²) in [6, 6.07) is 5.59. The molecule has 0 bridgehead atoms. The number of esters is 2. The number of ether oxygens (including phenoxy) is 2. The molecule has 1 aromatic carbocycles. The predicted octanol–water partition coefficient (Wildman–Crippen LogP) is 2.74. The number of nitrogens with zero attached hydrogens (tertiary/aromatic N) is 2. The first kappa shape index (κ1) is 29.0. The number of carbonyl (C=O) groups is 4. The van der Waals surface area contributed by atoms with Gasteiger partial charge >= 0.3 is 11.9 Å². The molecule has 1 aliphatic heterocycles. The number of fused-ring (bicyclic) bond motifs is 1. The third-order valence-corrected chi connectivity index (χ3v) is 7.67. The normalized spacial score (nSPS) is 15.1. The molecule has 0 saturated carbocycles. The Morgan fingerprint density at radius 2 is 1.69 bits per heavy atom. The molecular weight excluding hydrogens is 488 g/mol. The summed E-state index contributed by atoms with van der Waals surface area (Å²) in [4.78, 5) is 50.9. The van der Waals surface area contributed by atoms with Crippen molar-refractivity contribution >= 4 is 33.8 Å². The first-order valence-electron chi connectivity index (χ1n) is 11.6. The highest BCUT2D eigenvalue weighted by molar-refractivity contribution is 7.90. The zero-order chi connectivity index (χ0) is 27.3. The van der Waals surface area contributed by atoms with Gasteiger partial charge in [0, 0.05) is 32.6 Å². The van der Waals surface area contributed by atoms with Crippen molar-refractivity contribution in [1.29, 1.82) is 0 Å². The topological polar surface area (TPSA) is 127 Å². The van der Waals surface area contributed by atoms with Crippen LogP contribution in [0.3, 0.4) is 0 Å². The minimum Gasteiger partial charge on any atom is -0.462 e. The molecular formula is C25H34N2O8S. The number of allylic oxidation sites excluding steroid dienone is 1. The van der Waals surface area contributed by atoms with Crippen LogP contribution < -0.4 is 0 Å². The quantitative estimate of drug-likeness (QED) is 0.301. The van der Waals surface area contributed by atoms with Gasteiger partial charge in [-0.25, -0.2) is 8.42 Å². The van der Waals surface area contributed by atoms with E-state index in [1.807, 2.05) is 25.9 Å². The van der Waals surface area contributed by atoms with Crippen LogP contribution in [0, 0.1) is 11.3 Å². The maximum absolute atomic E-state index is 12.5. The van der Waals surface area contributed by atoms with Crippen LogP contribution in [0.4, 0.5) is 0 Å². The summed E-state index contributed by atoms with van der Waals surface area (Å²) in [5.41, 5.74) is 0.0926. The zero-order valence-corrected chi connectivity index (χ0v) is 22.2. The molecule has 1 unspecified atom stereocenters. The third kappa shape index (κ3) is 6.71. The maximum Gasteiger partial charge on any atom is 0.311 e. The fraction of sp³-hybridized carbons (Fsp3) is 0.520. The van der Waals surface area contributed by atoms with Gasteiger partial charge < -0.3 is 14.4 Å². The first-order valence-corrected chi connectivity index (χ1v) is 13.0. The van der Waals surface area contributed by atoms with Crippen LogP contribution in [0.5, 0.6) is 0 Å². The summed E-state index contributed by atoms with van der Waals surface area (Å²) in [6.07, 6.45) is 0.0444. The minimum atomic E-state index is -4.24. The Labute approximate surface area is 212 Å². The van der Waals surface area contributed by atoms with E-state index in [9.17, 15) is 27.6 Å². The minimum absolute atomic E-state index is 0.00617. The SMILES string of the molecule is C=C(C(C)CC(C)(C)C(=O)OCCOC(=O)CCCC(=O)N1C(=O)c2ccccc2S1(=O)=O)N(C)C. The molecule has 0 saturated heterocycles. The van der Waals surface area contributed by atoms with E-state index in [0.717, 1.165) is 5.70 Å². The average molecular weight is 523 g/mol. The number of hydrogen-bond donors (Lipinski definition) is 0. The van der Waals surface area contributed by atoms with Gasteiger partial charge in [-0.2, -0.15) is 4.31 Å². The molecule has 10 nitrogen and oxygen atoms in total. The number of benzene rings is 1. The summed E-state index contributed by atoms with van der Waals surface area (Å²) < 4.78 is 35.5. The number of carbonyl (C=O) groups excluding carboxylic acids is 4. The van der Waals surface area contributed by atoms with E-state index in [1.54, 1.807) is 13.8 Å². The molecule has 198 valence electrons. The Hall–Kier alpha value is -3.21. The highest BCUT2D eigenvalue weighted by Crippen LogP contribution is 2.31. The molecule has 0 aromatic heterocycles. The smallest absolute Gasteiger partial charge is 0.311 e. The summed E-state index contributed by atoms with van der Waals surface area (Å²) in [5, 5.41) is 0. The van der Waals surface area contributed by atoms with Crippen molar-refractivity contribution in [3.05, 3.63) is 42.1 Å². The van der Waals surface area contributed by atoms with Crippen molar-refractivity contribution < 1.29 is 37.1 Å². The summed E-state index contributed by atoms with van der Waals surface area (Å²) in [7, 11) is -0.457. The van der Waals surface area contributed by atoms with Gasteiger partial charge in [-0.15, -0.1) is 0 Å². The molecule has 0 N–H and O–H groups in total. The van der Waals surface area contributed by atoms with Crippen molar-refractivity contribution in [3.63, 3.8) is 0 Å². The molecule has 1 atom stereocenters. The highest BCUT2D eigenvalue weighted by atomic mass is 32.2. The van der Waals surface area contributed by atoms with Gasteiger partial charge in [0.15, 0.2) is 0 Å². The molecule has 11 heteroatoms. The van der Waals surface area contributed by atoms with Crippen LogP contribution in [0.1, 0.15) is 56.8 Å². The second kappa shape index (κ2) is 11.7. The van der Waals surface area contributed by atoms with E-state index in [4.69, 9.17) is 9.47 Å². The van der Waals surface area contributed by atoms with Crippen molar-refractivity contribution in [3.8, 4) is 0 Å². The van der Waals surface area contributed by atoms with Gasteiger partial charge in [0.05, 0.1) is 11.0 Å². The van der Waals surface area contributed by atoms with Gasteiger partial charge in [-0.05, 0) is 44.7 Å². The van der Waals surface area contributed by atoms with Crippen molar-refractivity contribution in [2.24, 2.45) is 11.3 Å². The molecule has 2 amide bonds. The molecule has 1 aromatic rings. The van der Waals surface area contributed by atoms with Crippen LogP contribution in [0.15, 0.2) is 41.4 Å². The molecule has 0 radical (unpaired) electrons. The monoisotopic (exact) mass is 522 g/mol. The first-order chi connectivity index (χ1) is 16.7. The second-order valence-electron chi connectivity index (χ2n) is 9.55. The largest absolute Gasteiger partial charge is 0.462 e. The molecule has 1 heterocycles. The van der Waals surface area contributed by atoms with E-state index in [0.29, 0.717) is 6.42 Å². The van der Waals surface area contributed by atoms with E-state index >= 15 is 0 Å². The van der Waals surface area contributed by atoms with Crippen LogP contribution in [0.25, 0.3) is 0 Å². The molecule has 0 spiro atoms. The van der Waals surface area contributed by atoms with Crippen molar-refractivity contribution in [2.45, 2.75) is 51.3 Å². The number of hydrogen-bond acceptors (Lipinski definition) is 9. The second-order valence-corrected chi connectivity index (χ2v) is 11.3. The Balaban J connectivity index is 1.72. The van der Waals surface area contributed by atoms with Crippen LogP contribution in [0.2, 0.25) is 0 Å². The van der Waals surface area contributed by atoms with E-state index in [2.05, 4.69) is 6.58 Å². The van der Waals surface area contributed by atoms with E-state index in [1.165, 1.54) is 24.3 Å². The standard InChI is InChI=1S/C25H34N2O8S/c1-17(18(2)26(5)6)16-25(3,4)24(31)35-15-14-34-22(29)13-9-12-21(28)27-23(30)19-10-7-8-11-20(19)36(27,32)33/h7-8,10-11,17H,2,9,12-16H2,1,3-6H3. The van der Waals surface area contributed by atoms with Gasteiger partial charge in [0.2, 0.25) is 5.91 Å². The van der Waals surface area contributed by atoms with E-state index < -0.39 is 39.2 Å². The lowest BCUT2D eigenvalue weighted by Crippen LogP contribution is -2.36. The van der Waals surface area contributed by atoms with Crippen LogP contribution in [-0.2, 0) is 33.9 Å². The van der Waals surface area contributed by atoms with Crippen LogP contribution in [-0.4, -0.2) is 68.7 Å². The van der Waals surface area contributed by atoms with Gasteiger partial charge in [0.1, 0.15) is 18.1 Å². The Bertz CT molecular complexity index is 1140. The highest BCUT2D eigenvalue weighted by Gasteiger charge is 2.44.